The summed E-state index contributed by atoms with van der Waals surface area (Å²) in [4.78, 5) is 13.2. The standard InChI is InChI=1S/C28H35N5O3S/c1-4-10-19-20-13-8-15-22(20)26(23-16-9-14-21(19)23)30-27(34)32-37(29,36)25-17-24(28(2,3)35)33(31-25)18-11-6-5-7-12-18/h4-7,11-12,17,35,37H,1,8-10,13-16H2,2-3H3,(H4,29,30,32,34,36). The van der Waals surface area contributed by atoms with Gasteiger partial charge in [-0.3, -0.25) is 9.86 Å². The molecule has 1 aromatic heterocycles. The van der Waals surface area contributed by atoms with Crippen LogP contribution in [0.4, 0.5) is 10.5 Å². The number of nitrogens with two attached hydrogens (primary N) is 1. The lowest BCUT2D eigenvalue weighted by molar-refractivity contribution is 0.0711. The third kappa shape index (κ3) is 4.74. The Morgan fingerprint density at radius 2 is 1.73 bits per heavy atom. The SMILES string of the molecule is C=CCc1c2c(c(NC(=O)N[SH](N)(=O)c3cc(C(C)(C)O)n(-c4ccccc4)n3)c3c1CCC3)CCC2. The molecule has 2 aromatic carbocycles. The predicted molar refractivity (Wildman–Crippen MR) is 147 cm³/mol. The smallest absolute Gasteiger partial charge is 0.330 e. The van der Waals surface area contributed by atoms with Crippen molar-refractivity contribution in [3.63, 3.8) is 0 Å². The molecule has 3 aromatic rings. The fourth-order valence-corrected chi connectivity index (χ4v) is 6.70. The van der Waals surface area contributed by atoms with Crippen molar-refractivity contribution in [3.8, 4) is 5.69 Å². The maximum absolute atomic E-state index is 13.6. The highest BCUT2D eigenvalue weighted by Crippen LogP contribution is 2.42. The number of rotatable bonds is 7. The number of carbonyl (C=O) groups excluding carboxylic acids is 1. The normalized spacial score (nSPS) is 15.2. The highest BCUT2D eigenvalue weighted by Gasteiger charge is 2.31. The number of aliphatic hydroxyl groups is 1. The molecule has 1 heterocycles. The summed E-state index contributed by atoms with van der Waals surface area (Å²) in [7, 11) is -3.91. The first-order chi connectivity index (χ1) is 17.6. The largest absolute Gasteiger partial charge is 0.384 e. The lowest BCUT2D eigenvalue weighted by atomic mass is 9.90. The first kappa shape index (κ1) is 25.4. The molecule has 8 nitrogen and oxygen atoms in total. The average molecular weight is 522 g/mol. The summed E-state index contributed by atoms with van der Waals surface area (Å²) in [6.07, 6.45) is 8.67. The quantitative estimate of drug-likeness (QED) is 0.240. The summed E-state index contributed by atoms with van der Waals surface area (Å²) in [5.74, 6) is 0. The van der Waals surface area contributed by atoms with Gasteiger partial charge in [0, 0.05) is 22.1 Å². The minimum Gasteiger partial charge on any atom is -0.384 e. The Kier molecular flexibility index (Phi) is 6.55. The highest BCUT2D eigenvalue weighted by atomic mass is 32.3. The number of benzene rings is 2. The number of nitrogens with one attached hydrogen (secondary N) is 2. The molecule has 0 unspecified atom stereocenters. The molecule has 37 heavy (non-hydrogen) atoms. The lowest BCUT2D eigenvalue weighted by Crippen LogP contribution is -2.45. The van der Waals surface area contributed by atoms with Gasteiger partial charge in [-0.1, -0.05) is 24.3 Å². The molecular weight excluding hydrogens is 486 g/mol. The van der Waals surface area contributed by atoms with Crippen LogP contribution >= 0.6 is 0 Å². The lowest BCUT2D eigenvalue weighted by Gasteiger charge is -2.23. The minimum absolute atomic E-state index is 0.0143. The molecule has 196 valence electrons. The van der Waals surface area contributed by atoms with E-state index in [-0.39, 0.29) is 5.03 Å². The van der Waals surface area contributed by atoms with Crippen LogP contribution in [0.15, 0.2) is 54.1 Å². The zero-order chi connectivity index (χ0) is 26.4. The van der Waals surface area contributed by atoms with Crippen LogP contribution in [0.1, 0.15) is 60.2 Å². The molecule has 5 N–H and O–H groups in total. The van der Waals surface area contributed by atoms with E-state index in [2.05, 4.69) is 21.7 Å². The van der Waals surface area contributed by atoms with E-state index in [9.17, 15) is 14.1 Å². The van der Waals surface area contributed by atoms with Crippen LogP contribution in [-0.2, 0) is 48.0 Å². The third-order valence-electron chi connectivity index (χ3n) is 7.29. The molecule has 2 aliphatic rings. The monoisotopic (exact) mass is 521 g/mol. The zero-order valence-electron chi connectivity index (χ0n) is 21.4. The number of urea groups is 1. The first-order valence-electron chi connectivity index (χ1n) is 12.8. The van der Waals surface area contributed by atoms with Crippen molar-refractivity contribution in [3.05, 3.63) is 82.6 Å². The molecule has 0 spiro atoms. The van der Waals surface area contributed by atoms with E-state index in [4.69, 9.17) is 5.14 Å². The van der Waals surface area contributed by atoms with Crippen LogP contribution in [0, 0.1) is 0 Å². The van der Waals surface area contributed by atoms with Gasteiger partial charge in [0.05, 0.1) is 11.4 Å². The number of para-hydroxylation sites is 1. The fourth-order valence-electron chi connectivity index (χ4n) is 5.69. The van der Waals surface area contributed by atoms with Crippen molar-refractivity contribution in [2.24, 2.45) is 5.14 Å². The Balaban J connectivity index is 1.45. The summed E-state index contributed by atoms with van der Waals surface area (Å²) < 4.78 is 17.6. The van der Waals surface area contributed by atoms with Gasteiger partial charge in [-0.2, -0.15) is 5.10 Å². The van der Waals surface area contributed by atoms with Gasteiger partial charge < -0.3 is 10.4 Å². The van der Waals surface area contributed by atoms with Gasteiger partial charge in [-0.15, -0.1) is 6.58 Å². The Morgan fingerprint density at radius 1 is 1.14 bits per heavy atom. The Bertz CT molecular complexity index is 1390. The molecule has 0 atom stereocenters. The molecule has 0 saturated heterocycles. The van der Waals surface area contributed by atoms with E-state index in [1.807, 2.05) is 36.4 Å². The second-order valence-corrected chi connectivity index (χ2v) is 12.4. The molecule has 0 fully saturated rings. The van der Waals surface area contributed by atoms with Crippen molar-refractivity contribution in [1.82, 2.24) is 14.5 Å². The Morgan fingerprint density at radius 3 is 2.30 bits per heavy atom. The van der Waals surface area contributed by atoms with Gasteiger partial charge in [0.15, 0.2) is 5.03 Å². The number of allylic oxidation sites excluding steroid dienone is 1. The predicted octanol–water partition coefficient (Wildman–Crippen LogP) is 3.79. The molecule has 2 amide bonds. The van der Waals surface area contributed by atoms with Crippen LogP contribution in [0.5, 0.6) is 0 Å². The van der Waals surface area contributed by atoms with Crippen LogP contribution in [0.2, 0.25) is 0 Å². The van der Waals surface area contributed by atoms with Crippen LogP contribution in [-0.4, -0.2) is 25.1 Å². The number of nitrogens with zero attached hydrogens (tertiary/aromatic N) is 2. The molecule has 0 aliphatic heterocycles. The summed E-state index contributed by atoms with van der Waals surface area (Å²) in [5, 5.41) is 24.4. The summed E-state index contributed by atoms with van der Waals surface area (Å²) in [5.41, 5.74) is 7.03. The second-order valence-electron chi connectivity index (χ2n) is 10.4. The molecule has 5 rings (SSSR count). The van der Waals surface area contributed by atoms with E-state index in [0.717, 1.165) is 50.6 Å². The number of thiol groups is 1. The molecule has 9 heteroatoms. The van der Waals surface area contributed by atoms with E-state index in [0.29, 0.717) is 11.4 Å². The first-order valence-corrected chi connectivity index (χ1v) is 14.5. The molecule has 0 radical (unpaired) electrons. The number of hydrogen-bond donors (Lipinski definition) is 5. The zero-order valence-corrected chi connectivity index (χ0v) is 22.3. The maximum atomic E-state index is 13.6. The average Bonchev–Trinajstić information content (AvgIpc) is 3.60. The second kappa shape index (κ2) is 9.55. The summed E-state index contributed by atoms with van der Waals surface area (Å²) >= 11 is 0. The number of aromatic nitrogens is 2. The number of carbonyl (C=O) groups is 1. The van der Waals surface area contributed by atoms with Gasteiger partial charge in [0.1, 0.15) is 5.60 Å². The molecular formula is C28H35N5O3S. The van der Waals surface area contributed by atoms with Crippen LogP contribution < -0.4 is 15.2 Å². The number of hydrogen-bond acceptors (Lipinski definition) is 4. The van der Waals surface area contributed by atoms with E-state index in [1.165, 1.54) is 38.6 Å². The number of fused-ring (bicyclic) bond motifs is 2. The Labute approximate surface area is 218 Å². The molecule has 2 aliphatic carbocycles. The van der Waals surface area contributed by atoms with E-state index >= 15 is 0 Å². The number of anilines is 1. The van der Waals surface area contributed by atoms with E-state index in [1.54, 1.807) is 13.8 Å². The minimum atomic E-state index is -3.91. The molecule has 0 bridgehead atoms. The van der Waals surface area contributed by atoms with Crippen molar-refractivity contribution in [2.45, 2.75) is 69.4 Å². The number of amides is 2. The van der Waals surface area contributed by atoms with Gasteiger partial charge in [-0.05, 0) is 98.7 Å². The van der Waals surface area contributed by atoms with Crippen molar-refractivity contribution < 1.29 is 14.1 Å². The van der Waals surface area contributed by atoms with Crippen molar-refractivity contribution in [2.75, 3.05) is 5.32 Å². The summed E-state index contributed by atoms with van der Waals surface area (Å²) in [6.45, 7) is 7.18. The Hall–Kier alpha value is -3.27. The van der Waals surface area contributed by atoms with Gasteiger partial charge in [0.25, 0.3) is 0 Å². The van der Waals surface area contributed by atoms with Gasteiger partial charge in [0.2, 0.25) is 0 Å². The summed E-state index contributed by atoms with van der Waals surface area (Å²) in [6, 6.07) is 10.1. The topological polar surface area (TPSA) is 122 Å². The van der Waals surface area contributed by atoms with Crippen LogP contribution in [0.3, 0.4) is 0 Å². The highest BCUT2D eigenvalue weighted by molar-refractivity contribution is 7.99. The van der Waals surface area contributed by atoms with Crippen LogP contribution in [0.25, 0.3) is 5.69 Å². The van der Waals surface area contributed by atoms with Gasteiger partial charge in [-0.25, -0.2) is 13.7 Å². The third-order valence-corrected chi connectivity index (χ3v) is 8.72. The maximum Gasteiger partial charge on any atom is 0.330 e. The van der Waals surface area contributed by atoms with Gasteiger partial charge >= 0.3 is 6.03 Å². The van der Waals surface area contributed by atoms with E-state index < -0.39 is 21.9 Å². The molecule has 0 saturated carbocycles. The van der Waals surface area contributed by atoms with Crippen molar-refractivity contribution in [1.29, 1.82) is 0 Å². The fraction of sp³-hybridized carbons (Fsp3) is 0.357. The van der Waals surface area contributed by atoms with Crippen molar-refractivity contribution >= 4 is 22.0 Å².